The molecule has 0 saturated heterocycles. The molecule has 0 spiro atoms. The second-order valence-corrected chi connectivity index (χ2v) is 5.62. The van der Waals surface area contributed by atoms with Crippen LogP contribution in [0.15, 0.2) is 84.9 Å². The van der Waals surface area contributed by atoms with Crippen LogP contribution in [0.25, 0.3) is 0 Å². The number of rotatable bonds is 7. The molecule has 0 aliphatic carbocycles. The van der Waals surface area contributed by atoms with E-state index in [9.17, 15) is 0 Å². The Bertz CT molecular complexity index is 727. The Hall–Kier alpha value is -2.94. The number of benzene rings is 3. The lowest BCUT2D eigenvalue weighted by Gasteiger charge is -2.19. The summed E-state index contributed by atoms with van der Waals surface area (Å²) in [5.41, 5.74) is 2.32. The molecule has 3 nitrogen and oxygen atoms in total. The molecular formula is C21H22N2O. The summed E-state index contributed by atoms with van der Waals surface area (Å²) in [5, 5.41) is 3.44. The first-order valence-corrected chi connectivity index (χ1v) is 8.14. The van der Waals surface area contributed by atoms with Crippen LogP contribution >= 0.6 is 0 Å². The zero-order chi connectivity index (χ0) is 16.6. The molecule has 0 aromatic heterocycles. The first kappa shape index (κ1) is 15.9. The van der Waals surface area contributed by atoms with Gasteiger partial charge in [-0.3, -0.25) is 0 Å². The first-order chi connectivity index (χ1) is 11.8. The van der Waals surface area contributed by atoms with Crippen LogP contribution in [0.3, 0.4) is 0 Å². The number of hydrogen-bond acceptors (Lipinski definition) is 3. The smallest absolute Gasteiger partial charge is 0.127 e. The SMILES string of the molecule is CN(CCNc1ccc(Oc2ccccc2)cc1)c1ccccc1. The van der Waals surface area contributed by atoms with Crippen molar-refractivity contribution in [3.05, 3.63) is 84.9 Å². The van der Waals surface area contributed by atoms with Crippen molar-refractivity contribution in [2.45, 2.75) is 0 Å². The van der Waals surface area contributed by atoms with Gasteiger partial charge in [-0.1, -0.05) is 36.4 Å². The van der Waals surface area contributed by atoms with E-state index in [0.717, 1.165) is 30.3 Å². The Morgan fingerprint density at radius 2 is 1.33 bits per heavy atom. The van der Waals surface area contributed by atoms with Gasteiger partial charge < -0.3 is 15.0 Å². The zero-order valence-corrected chi connectivity index (χ0v) is 13.9. The Kier molecular flexibility index (Phi) is 5.36. The van der Waals surface area contributed by atoms with Gasteiger partial charge in [0.05, 0.1) is 0 Å². The molecule has 0 amide bonds. The first-order valence-electron chi connectivity index (χ1n) is 8.14. The standard InChI is InChI=1S/C21H22N2O/c1-23(19-8-4-2-5-9-19)17-16-22-18-12-14-21(15-13-18)24-20-10-6-3-7-11-20/h2-15,22H,16-17H2,1H3. The Morgan fingerprint density at radius 3 is 2.00 bits per heavy atom. The van der Waals surface area contributed by atoms with E-state index in [1.54, 1.807) is 0 Å². The van der Waals surface area contributed by atoms with Gasteiger partial charge >= 0.3 is 0 Å². The van der Waals surface area contributed by atoms with E-state index in [0.29, 0.717) is 0 Å². The second kappa shape index (κ2) is 8.06. The summed E-state index contributed by atoms with van der Waals surface area (Å²) in [7, 11) is 2.10. The maximum absolute atomic E-state index is 5.80. The molecule has 0 aliphatic rings. The van der Waals surface area contributed by atoms with Crippen molar-refractivity contribution in [3.63, 3.8) is 0 Å². The minimum atomic E-state index is 0.841. The molecule has 122 valence electrons. The second-order valence-electron chi connectivity index (χ2n) is 5.62. The van der Waals surface area contributed by atoms with Crippen molar-refractivity contribution in [2.24, 2.45) is 0 Å². The van der Waals surface area contributed by atoms with Crippen molar-refractivity contribution < 1.29 is 4.74 Å². The lowest BCUT2D eigenvalue weighted by molar-refractivity contribution is 0.483. The average Bonchev–Trinajstić information content (AvgIpc) is 2.65. The third-order valence-electron chi connectivity index (χ3n) is 3.81. The molecule has 0 unspecified atom stereocenters. The monoisotopic (exact) mass is 318 g/mol. The molecule has 24 heavy (non-hydrogen) atoms. The fraction of sp³-hybridized carbons (Fsp3) is 0.143. The number of para-hydroxylation sites is 2. The zero-order valence-electron chi connectivity index (χ0n) is 13.9. The Morgan fingerprint density at radius 1 is 0.750 bits per heavy atom. The average molecular weight is 318 g/mol. The molecule has 3 heteroatoms. The Labute approximate surface area is 143 Å². The molecule has 3 aromatic rings. The van der Waals surface area contributed by atoms with Gasteiger partial charge in [0.2, 0.25) is 0 Å². The van der Waals surface area contributed by atoms with Crippen molar-refractivity contribution in [1.29, 1.82) is 0 Å². The van der Waals surface area contributed by atoms with Crippen molar-refractivity contribution in [1.82, 2.24) is 0 Å². The van der Waals surface area contributed by atoms with Crippen molar-refractivity contribution in [2.75, 3.05) is 30.4 Å². The van der Waals surface area contributed by atoms with Gasteiger partial charge in [-0.25, -0.2) is 0 Å². The summed E-state index contributed by atoms with van der Waals surface area (Å²) < 4.78 is 5.80. The van der Waals surface area contributed by atoms with E-state index in [1.165, 1.54) is 5.69 Å². The highest BCUT2D eigenvalue weighted by molar-refractivity contribution is 5.48. The quantitative estimate of drug-likeness (QED) is 0.661. The maximum atomic E-state index is 5.80. The van der Waals surface area contributed by atoms with Crippen LogP contribution in [0.5, 0.6) is 11.5 Å². The van der Waals surface area contributed by atoms with Gasteiger partial charge in [0.15, 0.2) is 0 Å². The van der Waals surface area contributed by atoms with E-state index in [2.05, 4.69) is 41.5 Å². The molecule has 0 fully saturated rings. The van der Waals surface area contributed by atoms with Crippen LogP contribution in [0.1, 0.15) is 0 Å². The summed E-state index contributed by atoms with van der Waals surface area (Å²) in [4.78, 5) is 2.24. The highest BCUT2D eigenvalue weighted by atomic mass is 16.5. The predicted octanol–water partition coefficient (Wildman–Crippen LogP) is 5.03. The third-order valence-corrected chi connectivity index (χ3v) is 3.81. The van der Waals surface area contributed by atoms with Gasteiger partial charge in [0.1, 0.15) is 11.5 Å². The minimum absolute atomic E-state index is 0.841. The molecular weight excluding hydrogens is 296 g/mol. The number of ether oxygens (including phenoxy) is 1. The van der Waals surface area contributed by atoms with Crippen LogP contribution in [-0.4, -0.2) is 20.1 Å². The number of nitrogens with one attached hydrogen (secondary N) is 1. The van der Waals surface area contributed by atoms with E-state index in [1.807, 2.05) is 60.7 Å². The summed E-state index contributed by atoms with van der Waals surface area (Å²) in [5.74, 6) is 1.69. The molecule has 1 N–H and O–H groups in total. The van der Waals surface area contributed by atoms with Crippen LogP contribution in [0, 0.1) is 0 Å². The molecule has 0 saturated carbocycles. The fourth-order valence-electron chi connectivity index (χ4n) is 2.44. The molecule has 3 aromatic carbocycles. The van der Waals surface area contributed by atoms with Crippen LogP contribution in [0.2, 0.25) is 0 Å². The number of likely N-dealkylation sites (N-methyl/N-ethyl adjacent to an activating group) is 1. The number of hydrogen-bond donors (Lipinski definition) is 1. The predicted molar refractivity (Wildman–Crippen MR) is 101 cm³/mol. The lowest BCUT2D eigenvalue weighted by Crippen LogP contribution is -2.24. The summed E-state index contributed by atoms with van der Waals surface area (Å²) in [6, 6.07) is 28.3. The largest absolute Gasteiger partial charge is 0.457 e. The van der Waals surface area contributed by atoms with Gasteiger partial charge in [0, 0.05) is 31.5 Å². The van der Waals surface area contributed by atoms with Gasteiger partial charge in [-0.2, -0.15) is 0 Å². The van der Waals surface area contributed by atoms with Crippen LogP contribution in [0.4, 0.5) is 11.4 Å². The topological polar surface area (TPSA) is 24.5 Å². The van der Waals surface area contributed by atoms with Crippen molar-refractivity contribution >= 4 is 11.4 Å². The van der Waals surface area contributed by atoms with Crippen LogP contribution < -0.4 is 15.0 Å². The lowest BCUT2D eigenvalue weighted by atomic mass is 10.3. The molecule has 0 bridgehead atoms. The highest BCUT2D eigenvalue weighted by Gasteiger charge is 2.00. The molecule has 0 aliphatic heterocycles. The van der Waals surface area contributed by atoms with Crippen LogP contribution in [-0.2, 0) is 0 Å². The molecule has 3 rings (SSSR count). The van der Waals surface area contributed by atoms with Gasteiger partial charge in [0.25, 0.3) is 0 Å². The van der Waals surface area contributed by atoms with Gasteiger partial charge in [-0.15, -0.1) is 0 Å². The third kappa shape index (κ3) is 4.53. The number of nitrogens with zero attached hydrogens (tertiary/aromatic N) is 1. The summed E-state index contributed by atoms with van der Waals surface area (Å²) >= 11 is 0. The maximum Gasteiger partial charge on any atom is 0.127 e. The van der Waals surface area contributed by atoms with E-state index in [4.69, 9.17) is 4.74 Å². The van der Waals surface area contributed by atoms with E-state index < -0.39 is 0 Å². The summed E-state index contributed by atoms with van der Waals surface area (Å²) in [6.07, 6.45) is 0. The fourth-order valence-corrected chi connectivity index (χ4v) is 2.44. The minimum Gasteiger partial charge on any atom is -0.457 e. The Balaban J connectivity index is 1.48. The summed E-state index contributed by atoms with van der Waals surface area (Å²) in [6.45, 7) is 1.82. The number of anilines is 2. The van der Waals surface area contributed by atoms with Crippen molar-refractivity contribution in [3.8, 4) is 11.5 Å². The normalized spacial score (nSPS) is 10.2. The molecule has 0 atom stereocenters. The molecule has 0 radical (unpaired) electrons. The van der Waals surface area contributed by atoms with Gasteiger partial charge in [-0.05, 0) is 48.5 Å². The molecule has 0 heterocycles. The van der Waals surface area contributed by atoms with E-state index >= 15 is 0 Å². The van der Waals surface area contributed by atoms with E-state index in [-0.39, 0.29) is 0 Å². The highest BCUT2D eigenvalue weighted by Crippen LogP contribution is 2.22.